The van der Waals surface area contributed by atoms with Crippen LogP contribution in [0.2, 0.25) is 0 Å². The predicted octanol–water partition coefficient (Wildman–Crippen LogP) is 2.69. The molecule has 7 heteroatoms. The van der Waals surface area contributed by atoms with Crippen molar-refractivity contribution in [3.8, 4) is 0 Å². The third kappa shape index (κ3) is 3.59. The molecule has 0 radical (unpaired) electrons. The average Bonchev–Trinajstić information content (AvgIpc) is 2.43. The van der Waals surface area contributed by atoms with Gasteiger partial charge in [-0.25, -0.2) is 9.97 Å². The lowest BCUT2D eigenvalue weighted by molar-refractivity contribution is -0.383. The lowest BCUT2D eigenvalue weighted by Gasteiger charge is -2.35. The van der Waals surface area contributed by atoms with Crippen LogP contribution in [0.25, 0.3) is 0 Å². The zero-order chi connectivity index (χ0) is 15.4. The van der Waals surface area contributed by atoms with Gasteiger partial charge in [-0.3, -0.25) is 10.1 Å². The molecule has 0 aliphatic carbocycles. The fourth-order valence-electron chi connectivity index (χ4n) is 2.98. The molecule has 2 rings (SSSR count). The smallest absolute Gasteiger partial charge is 0.353 e. The molecule has 1 aliphatic rings. The highest BCUT2D eigenvalue weighted by Gasteiger charge is 2.31. The quantitative estimate of drug-likeness (QED) is 0.663. The highest BCUT2D eigenvalue weighted by Crippen LogP contribution is 2.34. The minimum Gasteiger partial charge on any atom is -0.364 e. The summed E-state index contributed by atoms with van der Waals surface area (Å²) in [5.41, 5.74) is -0.00718. The van der Waals surface area contributed by atoms with Gasteiger partial charge in [-0.2, -0.15) is 0 Å². The van der Waals surface area contributed by atoms with Crippen LogP contribution in [0, 0.1) is 22.0 Å². The molecule has 1 saturated heterocycles. The van der Waals surface area contributed by atoms with Gasteiger partial charge in [-0.1, -0.05) is 20.8 Å². The molecule has 1 N–H and O–H groups in total. The van der Waals surface area contributed by atoms with Gasteiger partial charge < -0.3 is 10.2 Å². The van der Waals surface area contributed by atoms with Gasteiger partial charge in [0.2, 0.25) is 11.6 Å². The molecule has 1 fully saturated rings. The number of piperidine rings is 1. The Morgan fingerprint density at radius 3 is 2.62 bits per heavy atom. The first-order valence-corrected chi connectivity index (χ1v) is 7.51. The summed E-state index contributed by atoms with van der Waals surface area (Å²) in [6.07, 6.45) is 3.44. The maximum Gasteiger partial charge on any atom is 0.353 e. The number of nitro groups is 1. The second-order valence-electron chi connectivity index (χ2n) is 5.93. The van der Waals surface area contributed by atoms with Crippen LogP contribution in [-0.2, 0) is 0 Å². The second kappa shape index (κ2) is 6.69. The van der Waals surface area contributed by atoms with Crippen LogP contribution < -0.4 is 10.2 Å². The van der Waals surface area contributed by atoms with Gasteiger partial charge in [-0.15, -0.1) is 0 Å². The molecule has 0 amide bonds. The number of hydrogen-bond acceptors (Lipinski definition) is 6. The standard InChI is InChI=1S/C14H23N5O2/c1-4-5-15-13-12(19(20)21)14(17-9-16-13)18-7-10(2)6-11(3)8-18/h9-11H,4-8H2,1-3H3,(H,15,16,17). The number of hydrogen-bond donors (Lipinski definition) is 1. The second-order valence-corrected chi connectivity index (χ2v) is 5.93. The molecular formula is C14H23N5O2. The molecule has 0 aromatic carbocycles. The van der Waals surface area contributed by atoms with Crippen molar-refractivity contribution < 1.29 is 4.92 Å². The summed E-state index contributed by atoms with van der Waals surface area (Å²) in [7, 11) is 0. The Labute approximate surface area is 124 Å². The SMILES string of the molecule is CCCNc1ncnc(N2CC(C)CC(C)C2)c1[N+](=O)[O-]. The zero-order valence-corrected chi connectivity index (χ0v) is 12.9. The third-order valence-corrected chi connectivity index (χ3v) is 3.70. The van der Waals surface area contributed by atoms with Crippen molar-refractivity contribution in [2.24, 2.45) is 11.8 Å². The maximum absolute atomic E-state index is 11.5. The molecular weight excluding hydrogens is 270 g/mol. The molecule has 1 aromatic rings. The normalized spacial score (nSPS) is 22.1. The summed E-state index contributed by atoms with van der Waals surface area (Å²) >= 11 is 0. The van der Waals surface area contributed by atoms with Gasteiger partial charge in [0, 0.05) is 19.6 Å². The summed E-state index contributed by atoms with van der Waals surface area (Å²) < 4.78 is 0. The average molecular weight is 293 g/mol. The summed E-state index contributed by atoms with van der Waals surface area (Å²) in [5, 5.41) is 14.5. The molecule has 2 atom stereocenters. The van der Waals surface area contributed by atoms with E-state index in [1.54, 1.807) is 0 Å². The Bertz CT molecular complexity index is 498. The van der Waals surface area contributed by atoms with Crippen LogP contribution in [-0.4, -0.2) is 34.5 Å². The molecule has 1 aromatic heterocycles. The Hall–Kier alpha value is -1.92. The summed E-state index contributed by atoms with van der Waals surface area (Å²) in [4.78, 5) is 21.4. The lowest BCUT2D eigenvalue weighted by atomic mass is 9.92. The number of rotatable bonds is 5. The Morgan fingerprint density at radius 1 is 1.38 bits per heavy atom. The zero-order valence-electron chi connectivity index (χ0n) is 12.9. The van der Waals surface area contributed by atoms with Crippen LogP contribution >= 0.6 is 0 Å². The van der Waals surface area contributed by atoms with Crippen LogP contribution in [0.3, 0.4) is 0 Å². The summed E-state index contributed by atoms with van der Waals surface area (Å²) in [5.74, 6) is 1.77. The topological polar surface area (TPSA) is 84.2 Å². The molecule has 2 heterocycles. The fourth-order valence-corrected chi connectivity index (χ4v) is 2.98. The summed E-state index contributed by atoms with van der Waals surface area (Å²) in [6, 6.07) is 0. The van der Waals surface area contributed by atoms with E-state index in [2.05, 4.69) is 29.1 Å². The lowest BCUT2D eigenvalue weighted by Crippen LogP contribution is -2.39. The van der Waals surface area contributed by atoms with Crippen molar-refractivity contribution in [2.45, 2.75) is 33.6 Å². The first-order valence-electron chi connectivity index (χ1n) is 7.51. The highest BCUT2D eigenvalue weighted by molar-refractivity contribution is 5.70. The van der Waals surface area contributed by atoms with E-state index < -0.39 is 0 Å². The van der Waals surface area contributed by atoms with Crippen LogP contribution in [0.5, 0.6) is 0 Å². The van der Waals surface area contributed by atoms with Crippen LogP contribution in [0.4, 0.5) is 17.3 Å². The molecule has 0 spiro atoms. The summed E-state index contributed by atoms with van der Waals surface area (Å²) in [6.45, 7) is 8.61. The number of aromatic nitrogens is 2. The van der Waals surface area contributed by atoms with E-state index >= 15 is 0 Å². The predicted molar refractivity (Wildman–Crippen MR) is 82.6 cm³/mol. The molecule has 7 nitrogen and oxygen atoms in total. The van der Waals surface area contributed by atoms with Crippen molar-refractivity contribution in [1.82, 2.24) is 9.97 Å². The van der Waals surface area contributed by atoms with Gasteiger partial charge in [-0.05, 0) is 24.7 Å². The minimum atomic E-state index is -0.378. The van der Waals surface area contributed by atoms with Crippen molar-refractivity contribution in [2.75, 3.05) is 29.9 Å². The Kier molecular flexibility index (Phi) is 4.93. The van der Waals surface area contributed by atoms with Crippen molar-refractivity contribution in [1.29, 1.82) is 0 Å². The first-order chi connectivity index (χ1) is 10.0. The molecule has 1 aliphatic heterocycles. The molecule has 0 bridgehead atoms. The van der Waals surface area contributed by atoms with Gasteiger partial charge in [0.15, 0.2) is 0 Å². The number of anilines is 2. The highest BCUT2D eigenvalue weighted by atomic mass is 16.6. The van der Waals surface area contributed by atoms with Crippen LogP contribution in [0.1, 0.15) is 33.6 Å². The third-order valence-electron chi connectivity index (χ3n) is 3.70. The van der Waals surface area contributed by atoms with E-state index in [0.717, 1.165) is 25.9 Å². The molecule has 21 heavy (non-hydrogen) atoms. The van der Waals surface area contributed by atoms with Crippen molar-refractivity contribution >= 4 is 17.3 Å². The van der Waals surface area contributed by atoms with Gasteiger partial charge in [0.05, 0.1) is 4.92 Å². The molecule has 116 valence electrons. The van der Waals surface area contributed by atoms with E-state index in [-0.39, 0.29) is 10.6 Å². The fraction of sp³-hybridized carbons (Fsp3) is 0.714. The van der Waals surface area contributed by atoms with Gasteiger partial charge >= 0.3 is 5.69 Å². The largest absolute Gasteiger partial charge is 0.364 e. The number of nitrogens with one attached hydrogen (secondary N) is 1. The van der Waals surface area contributed by atoms with Gasteiger partial charge in [0.1, 0.15) is 6.33 Å². The number of nitrogens with zero attached hydrogens (tertiary/aromatic N) is 4. The van der Waals surface area contributed by atoms with E-state index in [1.807, 2.05) is 11.8 Å². The maximum atomic E-state index is 11.5. The monoisotopic (exact) mass is 293 g/mol. The van der Waals surface area contributed by atoms with Crippen molar-refractivity contribution in [3.05, 3.63) is 16.4 Å². The van der Waals surface area contributed by atoms with Crippen LogP contribution in [0.15, 0.2) is 6.33 Å². The first kappa shape index (κ1) is 15.5. The van der Waals surface area contributed by atoms with E-state index in [4.69, 9.17) is 0 Å². The van der Waals surface area contributed by atoms with E-state index in [1.165, 1.54) is 6.33 Å². The Morgan fingerprint density at radius 2 is 2.05 bits per heavy atom. The minimum absolute atomic E-state index is 0.00718. The molecule has 2 unspecified atom stereocenters. The van der Waals surface area contributed by atoms with E-state index in [9.17, 15) is 10.1 Å². The van der Waals surface area contributed by atoms with Gasteiger partial charge in [0.25, 0.3) is 0 Å². The molecule has 0 saturated carbocycles. The van der Waals surface area contributed by atoms with E-state index in [0.29, 0.717) is 30.0 Å². The van der Waals surface area contributed by atoms with Crippen molar-refractivity contribution in [3.63, 3.8) is 0 Å². The Balaban J connectivity index is 2.35.